The molecule has 296 valence electrons. The molecule has 6 aromatic carbocycles. The van der Waals surface area contributed by atoms with E-state index in [2.05, 4.69) is 65.5 Å². The van der Waals surface area contributed by atoms with Crippen molar-refractivity contribution in [2.75, 3.05) is 9.80 Å². The van der Waals surface area contributed by atoms with Crippen molar-refractivity contribution in [3.8, 4) is 39.6 Å². The van der Waals surface area contributed by atoms with Gasteiger partial charge in [0.05, 0.1) is 13.7 Å². The topological polar surface area (TPSA) is 33.5 Å². The Morgan fingerprint density at radius 3 is 2.08 bits per heavy atom. The third-order valence-corrected chi connectivity index (χ3v) is 12.2. The predicted molar refractivity (Wildman–Crippen MR) is 236 cm³/mol. The van der Waals surface area contributed by atoms with Gasteiger partial charge < -0.3 is 19.1 Å². The minimum Gasteiger partial charge on any atom is -0.519 e. The molecular formula is C53H45N4OPt-3. The molecule has 4 atom stereocenters. The molecule has 1 saturated heterocycles. The van der Waals surface area contributed by atoms with Gasteiger partial charge in [-0.3, -0.25) is 0 Å². The van der Waals surface area contributed by atoms with Crippen LogP contribution in [0, 0.1) is 30.6 Å². The van der Waals surface area contributed by atoms with E-state index in [1.165, 1.54) is 0 Å². The smallest absolute Gasteiger partial charge is 0.135 e. The second-order valence-corrected chi connectivity index (χ2v) is 16.5. The predicted octanol–water partition coefficient (Wildman–Crippen LogP) is 12.8. The number of hydrogen-bond acceptors (Lipinski definition) is 4. The summed E-state index contributed by atoms with van der Waals surface area (Å²) in [5, 5.41) is 2.08. The molecule has 0 radical (unpaired) electrons. The van der Waals surface area contributed by atoms with Crippen molar-refractivity contribution < 1.29 is 39.5 Å². The molecule has 8 aromatic rings. The van der Waals surface area contributed by atoms with E-state index in [1.54, 1.807) is 18.2 Å². The minimum absolute atomic E-state index is 0. The number of benzene rings is 6. The third kappa shape index (κ3) is 6.46. The van der Waals surface area contributed by atoms with E-state index in [9.17, 15) is 0 Å². The molecule has 6 heteroatoms. The van der Waals surface area contributed by atoms with Crippen molar-refractivity contribution in [1.29, 1.82) is 0 Å². The van der Waals surface area contributed by atoms with E-state index in [-0.39, 0.29) is 72.7 Å². The van der Waals surface area contributed by atoms with E-state index in [0.717, 1.165) is 58.1 Å². The summed E-state index contributed by atoms with van der Waals surface area (Å²) in [4.78, 5) is 9.05. The summed E-state index contributed by atoms with van der Waals surface area (Å²) < 4.78 is 96.2. The molecule has 3 fully saturated rings. The number of aromatic nitrogens is 2. The fourth-order valence-corrected chi connectivity index (χ4v) is 9.67. The fourth-order valence-electron chi connectivity index (χ4n) is 9.67. The summed E-state index contributed by atoms with van der Waals surface area (Å²) in [6.45, 7) is 8.50. The second-order valence-electron chi connectivity index (χ2n) is 16.5. The zero-order valence-electron chi connectivity index (χ0n) is 42.7. The average molecular weight is 959 g/mol. The van der Waals surface area contributed by atoms with Crippen molar-refractivity contribution >= 4 is 33.2 Å². The van der Waals surface area contributed by atoms with Gasteiger partial charge in [-0.05, 0) is 76.8 Å². The summed E-state index contributed by atoms with van der Waals surface area (Å²) in [6.07, 6.45) is 4.73. The number of para-hydroxylation sites is 2. The largest absolute Gasteiger partial charge is 0.519 e. The van der Waals surface area contributed by atoms with E-state index in [1.807, 2.05) is 61.4 Å². The summed E-state index contributed by atoms with van der Waals surface area (Å²) >= 11 is 0. The fraction of sp³-hybridized carbons (Fsp3) is 0.208. The van der Waals surface area contributed by atoms with Crippen LogP contribution in [0.15, 0.2) is 152 Å². The molecule has 0 spiro atoms. The molecule has 0 N–H and O–H groups in total. The Kier molecular flexibility index (Phi) is 7.04. The van der Waals surface area contributed by atoms with E-state index < -0.39 is 60.4 Å². The number of pyridine rings is 1. The van der Waals surface area contributed by atoms with E-state index in [0.29, 0.717) is 17.2 Å². The molecule has 2 aliphatic carbocycles. The molecular weight excluding hydrogens is 904 g/mol. The van der Waals surface area contributed by atoms with Crippen molar-refractivity contribution in [2.45, 2.75) is 57.5 Å². The maximum Gasteiger partial charge on any atom is 0.135 e. The van der Waals surface area contributed by atoms with Crippen molar-refractivity contribution in [3.05, 3.63) is 176 Å². The second kappa shape index (κ2) is 14.9. The molecule has 5 nitrogen and oxygen atoms in total. The van der Waals surface area contributed by atoms with Gasteiger partial charge in [-0.15, -0.1) is 35.3 Å². The number of rotatable bonds is 7. The van der Waals surface area contributed by atoms with E-state index >= 15 is 0 Å². The van der Waals surface area contributed by atoms with Gasteiger partial charge in [0, 0.05) is 73.2 Å². The van der Waals surface area contributed by atoms with Crippen molar-refractivity contribution in [1.82, 2.24) is 9.55 Å². The Balaban J connectivity index is 0.00000553. The van der Waals surface area contributed by atoms with Crippen LogP contribution in [0.4, 0.5) is 11.4 Å². The zero-order chi connectivity index (χ0) is 47.7. The van der Waals surface area contributed by atoms with Crippen LogP contribution in [0.1, 0.15) is 59.3 Å². The molecule has 1 aliphatic heterocycles. The summed E-state index contributed by atoms with van der Waals surface area (Å²) in [6, 6.07) is 29.3. The van der Waals surface area contributed by atoms with Gasteiger partial charge in [-0.2, -0.15) is 24.9 Å². The molecule has 3 heterocycles. The van der Waals surface area contributed by atoms with Crippen LogP contribution >= 0.6 is 0 Å². The van der Waals surface area contributed by atoms with Gasteiger partial charge in [-0.25, -0.2) is 4.98 Å². The SMILES string of the molecule is [2H]c1c([2H])c([2H])c(-c2cccc(-c3c([2H])c([2H])c([2H])c([2H])c3[2H])c2N2[CH-]N(c3[c-]c(Oc4[c-]c5c(cc4)c4ccccc4n5-c4cc(C(C)(C)C)ccn4)ccc3)[C@@H]3C2C2CC[C@@H]3C2)c([2H])c1[2H].[Pt]. The average Bonchev–Trinajstić information content (AvgIpc) is 4.13. The van der Waals surface area contributed by atoms with Gasteiger partial charge in [0.25, 0.3) is 0 Å². The zero-order valence-corrected chi connectivity index (χ0v) is 35.0. The summed E-state index contributed by atoms with van der Waals surface area (Å²) in [7, 11) is 0. The molecule has 2 saturated carbocycles. The quantitative estimate of drug-likeness (QED) is 0.149. The minimum atomic E-state index is -0.528. The Morgan fingerprint density at radius 1 is 0.712 bits per heavy atom. The summed E-state index contributed by atoms with van der Waals surface area (Å²) in [5.41, 5.74) is 4.49. The number of anilines is 2. The monoisotopic (exact) mass is 958 g/mol. The van der Waals surface area contributed by atoms with Crippen LogP contribution in [0.25, 0.3) is 49.9 Å². The molecule has 3 aliphatic rings. The van der Waals surface area contributed by atoms with Crippen LogP contribution in [0.2, 0.25) is 0 Å². The molecule has 59 heavy (non-hydrogen) atoms. The van der Waals surface area contributed by atoms with Crippen LogP contribution < -0.4 is 14.5 Å². The van der Waals surface area contributed by atoms with Crippen LogP contribution in [-0.4, -0.2) is 21.6 Å². The maximum atomic E-state index is 9.08. The normalized spacial score (nSPS) is 22.0. The molecule has 0 amide bonds. The van der Waals surface area contributed by atoms with Crippen molar-refractivity contribution in [3.63, 3.8) is 0 Å². The number of fused-ring (bicyclic) bond motifs is 8. The van der Waals surface area contributed by atoms with Gasteiger partial charge in [0.1, 0.15) is 5.82 Å². The van der Waals surface area contributed by atoms with Crippen LogP contribution in [0.5, 0.6) is 11.5 Å². The van der Waals surface area contributed by atoms with Gasteiger partial charge >= 0.3 is 0 Å². The standard InChI is InChI=1S/C53H45N4O.Pt/c1-53(2,3)39-28-29-54-49(31-39)57-47-23-11-10-20-45(47)46-27-26-42(33-48(46)57)58-41-19-12-18-40(32-41)55-34-56(51-38-25-24-37(30-38)50(51)55)52-43(35-14-6-4-7-15-35)21-13-22-44(52)36-16-8-5-9-17-36;/h4-23,26-29,31,34,37-38,50-51H,24-25,30H2,1-3H3;/q-3;/t37-,38?,50+,51?;/m1./s1/i4D,5D,6D,7D,8D,9D,14D,15D,16D,17D;. The molecule has 2 bridgehead atoms. The number of nitrogens with zero attached hydrogens (tertiary/aromatic N) is 4. The van der Waals surface area contributed by atoms with Crippen molar-refractivity contribution in [2.24, 2.45) is 11.8 Å². The molecule has 2 aromatic heterocycles. The van der Waals surface area contributed by atoms with Crippen LogP contribution in [-0.2, 0) is 26.5 Å². The van der Waals surface area contributed by atoms with Gasteiger partial charge in [-0.1, -0.05) is 123 Å². The van der Waals surface area contributed by atoms with E-state index in [4.69, 9.17) is 23.4 Å². The van der Waals surface area contributed by atoms with Crippen LogP contribution in [0.3, 0.4) is 0 Å². The van der Waals surface area contributed by atoms with Gasteiger partial charge in [0.2, 0.25) is 0 Å². The molecule has 2 unspecified atom stereocenters. The number of hydrogen-bond donors (Lipinski definition) is 0. The Labute approximate surface area is 375 Å². The Morgan fingerprint density at radius 2 is 1.37 bits per heavy atom. The summed E-state index contributed by atoms with van der Waals surface area (Å²) in [5.74, 6) is 2.22. The first-order valence-electron chi connectivity index (χ1n) is 24.8. The maximum absolute atomic E-state index is 9.08. The first kappa shape index (κ1) is 27.9. The molecule has 11 rings (SSSR count). The third-order valence-electron chi connectivity index (χ3n) is 12.2. The Hall–Kier alpha value is -5.64. The van der Waals surface area contributed by atoms with Gasteiger partial charge in [0.15, 0.2) is 0 Å². The first-order chi connectivity index (χ1) is 32.5. The number of ether oxygens (including phenoxy) is 1. The Bertz CT molecular complexity index is 3260. The first-order valence-corrected chi connectivity index (χ1v) is 19.8.